The number of hydrogen-bond acceptors (Lipinski definition) is 3. The molecule has 0 aromatic carbocycles. The van der Waals surface area contributed by atoms with E-state index in [1.807, 2.05) is 6.92 Å². The number of halogens is 1. The van der Waals surface area contributed by atoms with Gasteiger partial charge in [-0.15, -0.1) is 24.0 Å². The number of nitrogens with zero attached hydrogens (tertiary/aromatic N) is 1. The third-order valence-corrected chi connectivity index (χ3v) is 4.63. The molecule has 0 aliphatic heterocycles. The van der Waals surface area contributed by atoms with Crippen molar-refractivity contribution in [1.29, 1.82) is 0 Å². The fraction of sp³-hybridized carbons (Fsp3) is 0.800. The molecule has 1 rings (SSSR count). The summed E-state index contributed by atoms with van der Waals surface area (Å²) in [4.78, 5) is 4.18. The smallest absolute Gasteiger partial charge is 0.191 e. The van der Waals surface area contributed by atoms with Crippen molar-refractivity contribution in [3.63, 3.8) is 0 Å². The van der Waals surface area contributed by atoms with Crippen LogP contribution in [0.25, 0.3) is 0 Å². The summed E-state index contributed by atoms with van der Waals surface area (Å²) in [5.74, 6) is 0.942. The molecule has 0 aromatic rings. The van der Waals surface area contributed by atoms with Crippen LogP contribution in [0.3, 0.4) is 0 Å². The highest BCUT2D eigenvalue weighted by atomic mass is 127. The fourth-order valence-corrected chi connectivity index (χ4v) is 3.15. The summed E-state index contributed by atoms with van der Waals surface area (Å²) in [5, 5.41) is 6.53. The van der Waals surface area contributed by atoms with Gasteiger partial charge in [0.15, 0.2) is 5.96 Å². The lowest BCUT2D eigenvalue weighted by Crippen LogP contribution is -2.43. The molecule has 1 unspecified atom stereocenters. The number of aliphatic imine (C=N–C) groups is 1. The Balaban J connectivity index is 0.00000441. The summed E-state index contributed by atoms with van der Waals surface area (Å²) < 4.78 is 22.3. The molecule has 0 saturated heterocycles. The maximum Gasteiger partial charge on any atom is 0.191 e. The number of allylic oxidation sites excluding steroid dienone is 1. The van der Waals surface area contributed by atoms with E-state index < -0.39 is 9.84 Å². The number of guanidine groups is 1. The van der Waals surface area contributed by atoms with Gasteiger partial charge >= 0.3 is 0 Å². The molecular weight excluding hydrogens is 413 g/mol. The van der Waals surface area contributed by atoms with E-state index in [0.29, 0.717) is 6.42 Å². The Morgan fingerprint density at radius 1 is 1.41 bits per heavy atom. The third kappa shape index (κ3) is 10.4. The van der Waals surface area contributed by atoms with Crippen molar-refractivity contribution in [3.05, 3.63) is 11.6 Å². The quantitative estimate of drug-likeness (QED) is 0.275. The number of rotatable bonds is 7. The second-order valence-electron chi connectivity index (χ2n) is 5.82. The molecule has 0 fully saturated rings. The van der Waals surface area contributed by atoms with Crippen molar-refractivity contribution in [2.45, 2.75) is 51.5 Å². The van der Waals surface area contributed by atoms with Gasteiger partial charge < -0.3 is 10.6 Å². The van der Waals surface area contributed by atoms with Gasteiger partial charge in [-0.3, -0.25) is 4.99 Å². The molecule has 5 nitrogen and oxygen atoms in total. The van der Waals surface area contributed by atoms with Crippen LogP contribution in [-0.2, 0) is 9.84 Å². The summed E-state index contributed by atoms with van der Waals surface area (Å²) in [6, 6.07) is 0.0832. The van der Waals surface area contributed by atoms with Crippen molar-refractivity contribution in [2.75, 3.05) is 25.6 Å². The van der Waals surface area contributed by atoms with Crippen LogP contribution in [0.2, 0.25) is 0 Å². The molecule has 1 atom stereocenters. The predicted octanol–water partition coefficient (Wildman–Crippen LogP) is 2.48. The zero-order valence-electron chi connectivity index (χ0n) is 13.9. The van der Waals surface area contributed by atoms with Crippen LogP contribution < -0.4 is 10.6 Å². The maximum absolute atomic E-state index is 11.2. The standard InChI is InChI=1S/C15H29N3O2S.HI/c1-13(10-12-21(3,19)20)18-15(16-2)17-11-9-14-7-5-4-6-8-14;/h7,13H,4-6,8-12H2,1-3H3,(H2,16,17,18);1H. The van der Waals surface area contributed by atoms with Crippen LogP contribution in [0, 0.1) is 0 Å². The van der Waals surface area contributed by atoms with Gasteiger partial charge in [-0.2, -0.15) is 0 Å². The topological polar surface area (TPSA) is 70.6 Å². The minimum atomic E-state index is -2.90. The number of hydrogen-bond donors (Lipinski definition) is 2. The van der Waals surface area contributed by atoms with Gasteiger partial charge in [-0.1, -0.05) is 11.6 Å². The molecule has 1 aliphatic rings. The predicted molar refractivity (Wildman–Crippen MR) is 105 cm³/mol. The fourth-order valence-electron chi connectivity index (χ4n) is 2.36. The molecule has 130 valence electrons. The first kappa shape index (κ1) is 21.7. The van der Waals surface area contributed by atoms with Gasteiger partial charge in [0.2, 0.25) is 0 Å². The molecule has 22 heavy (non-hydrogen) atoms. The first-order valence-electron chi connectivity index (χ1n) is 7.73. The molecule has 2 N–H and O–H groups in total. The minimum Gasteiger partial charge on any atom is -0.356 e. The van der Waals surface area contributed by atoms with Gasteiger partial charge in [0, 0.05) is 25.9 Å². The SMILES string of the molecule is CN=C(NCCC1=CCCCC1)NC(C)CCS(C)(=O)=O.I. The second-order valence-corrected chi connectivity index (χ2v) is 8.08. The lowest BCUT2D eigenvalue weighted by atomic mass is 9.97. The van der Waals surface area contributed by atoms with Crippen LogP contribution >= 0.6 is 24.0 Å². The zero-order valence-corrected chi connectivity index (χ0v) is 17.0. The highest BCUT2D eigenvalue weighted by Crippen LogP contribution is 2.19. The van der Waals surface area contributed by atoms with E-state index in [0.717, 1.165) is 18.9 Å². The first-order chi connectivity index (χ1) is 9.90. The third-order valence-electron chi connectivity index (χ3n) is 3.65. The molecule has 7 heteroatoms. The molecule has 0 spiro atoms. The number of sulfone groups is 1. The van der Waals surface area contributed by atoms with E-state index in [9.17, 15) is 8.42 Å². The Bertz CT molecular complexity index is 475. The summed E-state index contributed by atoms with van der Waals surface area (Å²) in [6.45, 7) is 2.84. The van der Waals surface area contributed by atoms with Crippen molar-refractivity contribution >= 4 is 39.8 Å². The van der Waals surface area contributed by atoms with Gasteiger partial charge in [-0.05, 0) is 45.4 Å². The highest BCUT2D eigenvalue weighted by molar-refractivity contribution is 14.0. The average Bonchev–Trinajstić information content (AvgIpc) is 2.44. The normalized spacial score (nSPS) is 17.2. The molecule has 0 saturated carbocycles. The Morgan fingerprint density at radius 3 is 2.68 bits per heavy atom. The van der Waals surface area contributed by atoms with Crippen molar-refractivity contribution in [3.8, 4) is 0 Å². The van der Waals surface area contributed by atoms with E-state index in [4.69, 9.17) is 0 Å². The maximum atomic E-state index is 11.2. The molecule has 0 bridgehead atoms. The summed E-state index contributed by atoms with van der Waals surface area (Å²) in [7, 11) is -1.17. The highest BCUT2D eigenvalue weighted by Gasteiger charge is 2.09. The lowest BCUT2D eigenvalue weighted by Gasteiger charge is -2.18. The minimum absolute atomic E-state index is 0. The van der Waals surface area contributed by atoms with E-state index in [1.165, 1.54) is 37.5 Å². The Kier molecular flexibility index (Phi) is 11.1. The van der Waals surface area contributed by atoms with E-state index >= 15 is 0 Å². The molecular formula is C15H30IN3O2S. The van der Waals surface area contributed by atoms with Crippen LogP contribution in [-0.4, -0.2) is 46.0 Å². The molecule has 1 aliphatic carbocycles. The van der Waals surface area contributed by atoms with Crippen molar-refractivity contribution < 1.29 is 8.42 Å². The molecule has 0 aromatic heterocycles. The Labute approximate surface area is 152 Å². The summed E-state index contributed by atoms with van der Waals surface area (Å²) >= 11 is 0. The molecule has 0 radical (unpaired) electrons. The Hall–Kier alpha value is -0.310. The number of nitrogens with one attached hydrogen (secondary N) is 2. The van der Waals surface area contributed by atoms with Crippen molar-refractivity contribution in [2.24, 2.45) is 4.99 Å². The van der Waals surface area contributed by atoms with E-state index in [1.54, 1.807) is 7.05 Å². The van der Waals surface area contributed by atoms with Crippen LogP contribution in [0.1, 0.15) is 45.4 Å². The monoisotopic (exact) mass is 443 g/mol. The molecule has 0 heterocycles. The zero-order chi connectivity index (χ0) is 15.7. The van der Waals surface area contributed by atoms with Crippen LogP contribution in [0.15, 0.2) is 16.6 Å². The summed E-state index contributed by atoms with van der Waals surface area (Å²) in [5.41, 5.74) is 1.54. The lowest BCUT2D eigenvalue weighted by molar-refractivity contribution is 0.580. The average molecular weight is 443 g/mol. The van der Waals surface area contributed by atoms with Crippen LogP contribution in [0.5, 0.6) is 0 Å². The summed E-state index contributed by atoms with van der Waals surface area (Å²) in [6.07, 6.45) is 10.3. The van der Waals surface area contributed by atoms with Crippen LogP contribution in [0.4, 0.5) is 0 Å². The van der Waals surface area contributed by atoms with E-state index in [2.05, 4.69) is 21.7 Å². The largest absolute Gasteiger partial charge is 0.356 e. The van der Waals surface area contributed by atoms with E-state index in [-0.39, 0.29) is 35.8 Å². The molecule has 0 amide bonds. The van der Waals surface area contributed by atoms with Gasteiger partial charge in [-0.25, -0.2) is 8.42 Å². The van der Waals surface area contributed by atoms with Crippen molar-refractivity contribution in [1.82, 2.24) is 10.6 Å². The van der Waals surface area contributed by atoms with Gasteiger partial charge in [0.1, 0.15) is 9.84 Å². The Morgan fingerprint density at radius 2 is 2.14 bits per heavy atom. The first-order valence-corrected chi connectivity index (χ1v) is 9.79. The van der Waals surface area contributed by atoms with Gasteiger partial charge in [0.05, 0.1) is 5.75 Å². The van der Waals surface area contributed by atoms with Gasteiger partial charge in [0.25, 0.3) is 0 Å². The second kappa shape index (κ2) is 11.3.